The zero-order chi connectivity index (χ0) is 15.5. The molecule has 2 N–H and O–H groups in total. The number of hydrogen-bond acceptors (Lipinski definition) is 5. The van der Waals surface area contributed by atoms with Crippen LogP contribution in [0.5, 0.6) is 0 Å². The van der Waals surface area contributed by atoms with Crippen LogP contribution in [-0.2, 0) is 26.2 Å². The van der Waals surface area contributed by atoms with Crippen LogP contribution >= 0.6 is 0 Å². The van der Waals surface area contributed by atoms with Crippen molar-refractivity contribution in [3.8, 4) is 0 Å². The number of sulfonamides is 1. The zero-order valence-corrected chi connectivity index (χ0v) is 12.9. The summed E-state index contributed by atoms with van der Waals surface area (Å²) in [7, 11) is -3.83. The molecule has 0 bridgehead atoms. The summed E-state index contributed by atoms with van der Waals surface area (Å²) in [5.41, 5.74) is 0.814. The van der Waals surface area contributed by atoms with Crippen molar-refractivity contribution in [2.45, 2.75) is 37.1 Å². The van der Waals surface area contributed by atoms with Gasteiger partial charge in [-0.2, -0.15) is 8.73 Å². The predicted molar refractivity (Wildman–Crippen MR) is 79.3 cm³/mol. The Bertz CT molecular complexity index is 724. The summed E-state index contributed by atoms with van der Waals surface area (Å²) < 4.78 is 35.3. The first-order chi connectivity index (χ1) is 9.94. The molecule has 1 unspecified atom stereocenters. The third-order valence-corrected chi connectivity index (χ3v) is 5.01. The van der Waals surface area contributed by atoms with E-state index < -0.39 is 22.0 Å². The number of aliphatic carboxylic acids is 1. The van der Waals surface area contributed by atoms with Crippen molar-refractivity contribution in [1.82, 2.24) is 4.72 Å². The second-order valence-electron chi connectivity index (χ2n) is 4.59. The van der Waals surface area contributed by atoms with Crippen molar-refractivity contribution in [3.63, 3.8) is 0 Å². The lowest BCUT2D eigenvalue weighted by Crippen LogP contribution is -2.36. The van der Waals surface area contributed by atoms with Crippen LogP contribution in [0.4, 0.5) is 11.4 Å². The topological polar surface area (TPSA) is 108 Å². The van der Waals surface area contributed by atoms with E-state index >= 15 is 0 Å². The van der Waals surface area contributed by atoms with E-state index in [0.717, 1.165) is 11.4 Å². The first kappa shape index (κ1) is 15.8. The van der Waals surface area contributed by atoms with Crippen molar-refractivity contribution in [3.05, 3.63) is 18.2 Å². The van der Waals surface area contributed by atoms with E-state index in [1.807, 2.05) is 6.92 Å². The maximum atomic E-state index is 12.4. The molecule has 0 aliphatic carbocycles. The largest absolute Gasteiger partial charge is 0.481 e. The number of nitrogens with one attached hydrogen (secondary N) is 1. The number of carboxylic acid groups (broad SMARTS) is 1. The fourth-order valence-electron chi connectivity index (χ4n) is 2.04. The molecule has 1 atom stereocenters. The summed E-state index contributed by atoms with van der Waals surface area (Å²) in [5.74, 6) is -1.04. The summed E-state index contributed by atoms with van der Waals surface area (Å²) in [6, 6.07) is 4.07. The van der Waals surface area contributed by atoms with Crippen molar-refractivity contribution in [2.75, 3.05) is 0 Å². The predicted octanol–water partition coefficient (Wildman–Crippen LogP) is 2.33. The highest BCUT2D eigenvalue weighted by Gasteiger charge is 2.26. The van der Waals surface area contributed by atoms with Crippen molar-refractivity contribution in [2.24, 2.45) is 8.73 Å². The fourth-order valence-corrected chi connectivity index (χ4v) is 4.08. The Kier molecular flexibility index (Phi) is 4.86. The quantitative estimate of drug-likeness (QED) is 0.812. The lowest BCUT2D eigenvalue weighted by Gasteiger charge is -2.16. The maximum absolute atomic E-state index is 12.4. The molecule has 0 spiro atoms. The average Bonchev–Trinajstić information content (AvgIpc) is 2.85. The number of nitrogens with zero attached hydrogens (tertiary/aromatic N) is 2. The van der Waals surface area contributed by atoms with Crippen LogP contribution in [0.1, 0.15) is 26.2 Å². The van der Waals surface area contributed by atoms with Gasteiger partial charge in [-0.1, -0.05) is 19.4 Å². The van der Waals surface area contributed by atoms with Crippen molar-refractivity contribution in [1.29, 1.82) is 0 Å². The van der Waals surface area contributed by atoms with Gasteiger partial charge >= 0.3 is 5.97 Å². The summed E-state index contributed by atoms with van der Waals surface area (Å²) in [6.07, 6.45) is 0.887. The summed E-state index contributed by atoms with van der Waals surface area (Å²) in [6.45, 7) is 1.87. The Morgan fingerprint density at radius 2 is 2.19 bits per heavy atom. The van der Waals surface area contributed by atoms with E-state index in [1.165, 1.54) is 6.07 Å². The molecule has 0 aromatic heterocycles. The molecule has 1 aliphatic heterocycles. The lowest BCUT2D eigenvalue weighted by atomic mass is 10.1. The normalized spacial score (nSPS) is 14.5. The van der Waals surface area contributed by atoms with Gasteiger partial charge in [-0.05, 0) is 18.6 Å². The van der Waals surface area contributed by atoms with E-state index in [0.29, 0.717) is 24.2 Å². The molecule has 1 aromatic carbocycles. The molecule has 1 aromatic rings. The first-order valence-corrected chi connectivity index (χ1v) is 8.60. The second-order valence-corrected chi connectivity index (χ2v) is 6.80. The van der Waals surface area contributed by atoms with E-state index in [2.05, 4.69) is 13.4 Å². The Morgan fingerprint density at radius 1 is 1.43 bits per heavy atom. The molecule has 1 heterocycles. The van der Waals surface area contributed by atoms with E-state index in [4.69, 9.17) is 5.11 Å². The van der Waals surface area contributed by atoms with Crippen LogP contribution in [0.2, 0.25) is 0 Å². The minimum atomic E-state index is -3.83. The third-order valence-electron chi connectivity index (χ3n) is 2.92. The molecule has 0 saturated heterocycles. The highest BCUT2D eigenvalue weighted by Crippen LogP contribution is 2.37. The monoisotopic (exact) mass is 329 g/mol. The van der Waals surface area contributed by atoms with Gasteiger partial charge in [0.05, 0.1) is 17.8 Å². The minimum absolute atomic E-state index is 0.0280. The van der Waals surface area contributed by atoms with Crippen molar-refractivity contribution < 1.29 is 18.3 Å². The fraction of sp³-hybridized carbons (Fsp3) is 0.417. The number of hydrogen-bond donors (Lipinski definition) is 2. The molecule has 2 rings (SSSR count). The molecule has 21 heavy (non-hydrogen) atoms. The van der Waals surface area contributed by atoms with Gasteiger partial charge in [-0.3, -0.25) is 4.79 Å². The van der Waals surface area contributed by atoms with Crippen LogP contribution in [0, 0.1) is 0 Å². The van der Waals surface area contributed by atoms with Gasteiger partial charge in [0.15, 0.2) is 0 Å². The van der Waals surface area contributed by atoms with Gasteiger partial charge in [0, 0.05) is 6.04 Å². The first-order valence-electron chi connectivity index (χ1n) is 6.39. The molecular formula is C12H15N3O4S2. The smallest absolute Gasteiger partial charge is 0.304 e. The van der Waals surface area contributed by atoms with Gasteiger partial charge in [0.2, 0.25) is 10.0 Å². The van der Waals surface area contributed by atoms with Crippen molar-refractivity contribution >= 4 is 38.7 Å². The number of carbonyl (C=O) groups is 1. The number of carboxylic acids is 1. The minimum Gasteiger partial charge on any atom is -0.481 e. The summed E-state index contributed by atoms with van der Waals surface area (Å²) in [4.78, 5) is 10.9. The Balaban J connectivity index is 2.28. The van der Waals surface area contributed by atoms with E-state index in [1.54, 1.807) is 12.1 Å². The molecule has 114 valence electrons. The standard InChI is InChI=1S/C12H15N3O4S2/c1-2-4-8(7-11(16)17)15-21(18,19)10-6-3-5-9-12(10)14-20-13-9/h3,5-6,8,15H,2,4,7H2,1H3,(H,16,17). The van der Waals surface area contributed by atoms with Gasteiger partial charge in [-0.15, -0.1) is 0 Å². The summed E-state index contributed by atoms with van der Waals surface area (Å²) in [5, 5.41) is 8.86. The van der Waals surface area contributed by atoms with Crippen LogP contribution < -0.4 is 4.72 Å². The van der Waals surface area contributed by atoms with Gasteiger partial charge in [-0.25, -0.2) is 13.1 Å². The van der Waals surface area contributed by atoms with Crippen LogP contribution in [0.3, 0.4) is 0 Å². The van der Waals surface area contributed by atoms with Gasteiger partial charge in [0.25, 0.3) is 0 Å². The third kappa shape index (κ3) is 3.74. The Labute approximate surface area is 126 Å². The molecule has 0 radical (unpaired) electrons. The molecule has 0 fully saturated rings. The molecular weight excluding hydrogens is 314 g/mol. The highest BCUT2D eigenvalue weighted by molar-refractivity contribution is 7.89. The Morgan fingerprint density at radius 3 is 2.86 bits per heavy atom. The van der Waals surface area contributed by atoms with Crippen LogP contribution in [0.15, 0.2) is 31.8 Å². The molecule has 9 heteroatoms. The molecule has 7 nitrogen and oxygen atoms in total. The molecule has 1 aliphatic rings. The Hall–Kier alpha value is -1.58. The van der Waals surface area contributed by atoms with Gasteiger partial charge in [0.1, 0.15) is 16.3 Å². The van der Waals surface area contributed by atoms with E-state index in [9.17, 15) is 13.2 Å². The lowest BCUT2D eigenvalue weighted by molar-refractivity contribution is -0.137. The highest BCUT2D eigenvalue weighted by atomic mass is 32.2. The number of rotatable bonds is 7. The average molecular weight is 329 g/mol. The molecule has 0 saturated carbocycles. The maximum Gasteiger partial charge on any atom is 0.304 e. The summed E-state index contributed by atoms with van der Waals surface area (Å²) >= 11 is 0.937. The number of fused-ring (bicyclic) bond motifs is 1. The molecule has 0 amide bonds. The SMILES string of the molecule is CCCC(CC(=O)O)NS(=O)(=O)c1cccc2c1N=S=N2. The van der Waals surface area contributed by atoms with Crippen LogP contribution in [-0.4, -0.2) is 25.5 Å². The zero-order valence-electron chi connectivity index (χ0n) is 11.3. The van der Waals surface area contributed by atoms with Gasteiger partial charge < -0.3 is 5.11 Å². The second kappa shape index (κ2) is 6.46. The number of benzene rings is 1. The van der Waals surface area contributed by atoms with Crippen LogP contribution in [0.25, 0.3) is 0 Å². The van der Waals surface area contributed by atoms with E-state index in [-0.39, 0.29) is 11.3 Å².